The highest BCUT2D eigenvalue weighted by molar-refractivity contribution is 5.94. The van der Waals surface area contributed by atoms with Gasteiger partial charge in [0.15, 0.2) is 0 Å². The minimum Gasteiger partial charge on any atom is -0.497 e. The van der Waals surface area contributed by atoms with E-state index in [2.05, 4.69) is 15.2 Å². The van der Waals surface area contributed by atoms with Crippen molar-refractivity contribution in [2.45, 2.75) is 51.3 Å². The summed E-state index contributed by atoms with van der Waals surface area (Å²) in [6, 6.07) is 11.5. The van der Waals surface area contributed by atoms with Crippen LogP contribution in [0.3, 0.4) is 0 Å². The fourth-order valence-corrected chi connectivity index (χ4v) is 5.15. The lowest BCUT2D eigenvalue weighted by atomic mass is 9.86. The number of carbonyl (C=O) groups is 2. The average molecular weight is 519 g/mol. The molecule has 5 rings (SSSR count). The van der Waals surface area contributed by atoms with Gasteiger partial charge in [0.05, 0.1) is 25.4 Å². The number of likely N-dealkylation sites (tertiary alicyclic amines) is 1. The zero-order valence-electron chi connectivity index (χ0n) is 22.3. The van der Waals surface area contributed by atoms with Crippen molar-refractivity contribution in [3.8, 4) is 16.9 Å². The van der Waals surface area contributed by atoms with Gasteiger partial charge < -0.3 is 19.3 Å². The molecule has 2 saturated heterocycles. The first kappa shape index (κ1) is 25.6. The van der Waals surface area contributed by atoms with Crippen molar-refractivity contribution in [1.82, 2.24) is 25.0 Å². The van der Waals surface area contributed by atoms with Gasteiger partial charge in [0.1, 0.15) is 17.2 Å². The molecule has 0 bridgehead atoms. The molecule has 10 heteroatoms. The number of methoxy groups -OCH3 is 1. The number of ether oxygens (including phenoxy) is 2. The Hall–Kier alpha value is -4.08. The number of benzene rings is 1. The Morgan fingerprint density at radius 1 is 1.11 bits per heavy atom. The van der Waals surface area contributed by atoms with Gasteiger partial charge in [0.25, 0.3) is 0 Å². The Bertz CT molecular complexity index is 1280. The molecule has 3 aromatic rings. The van der Waals surface area contributed by atoms with Crippen LogP contribution in [0.15, 0.2) is 55.0 Å². The Morgan fingerprint density at radius 3 is 2.53 bits per heavy atom. The number of pyridine rings is 1. The smallest absolute Gasteiger partial charge is 0.410 e. The molecule has 1 N–H and O–H groups in total. The summed E-state index contributed by atoms with van der Waals surface area (Å²) in [6.45, 7) is 7.55. The first-order chi connectivity index (χ1) is 18.2. The Balaban J connectivity index is 1.40. The third-order valence-electron chi connectivity index (χ3n) is 7.16. The molecule has 38 heavy (non-hydrogen) atoms. The van der Waals surface area contributed by atoms with Gasteiger partial charge >= 0.3 is 12.1 Å². The number of aromatic nitrogens is 3. The second kappa shape index (κ2) is 10.00. The van der Waals surface area contributed by atoms with Gasteiger partial charge in [-0.3, -0.25) is 10.00 Å². The predicted molar refractivity (Wildman–Crippen MR) is 143 cm³/mol. The van der Waals surface area contributed by atoms with Crippen LogP contribution < -0.4 is 9.64 Å². The highest BCUT2D eigenvalue weighted by Gasteiger charge is 2.52. The third-order valence-corrected chi connectivity index (χ3v) is 7.16. The molecule has 0 atom stereocenters. The second-order valence-corrected chi connectivity index (χ2v) is 10.9. The number of rotatable bonds is 5. The van der Waals surface area contributed by atoms with Crippen molar-refractivity contribution in [2.75, 3.05) is 31.6 Å². The Kier molecular flexibility index (Phi) is 6.73. The van der Waals surface area contributed by atoms with Gasteiger partial charge in [0, 0.05) is 43.2 Å². The summed E-state index contributed by atoms with van der Waals surface area (Å²) in [6.07, 6.45) is 6.28. The summed E-state index contributed by atoms with van der Waals surface area (Å²) in [7, 11) is 1.63. The largest absolute Gasteiger partial charge is 0.497 e. The van der Waals surface area contributed by atoms with E-state index in [4.69, 9.17) is 9.47 Å². The van der Waals surface area contributed by atoms with E-state index in [9.17, 15) is 9.59 Å². The molecule has 2 aliphatic heterocycles. The van der Waals surface area contributed by atoms with Crippen LogP contribution in [0.2, 0.25) is 0 Å². The lowest BCUT2D eigenvalue weighted by molar-refractivity contribution is 0.00785. The second-order valence-electron chi connectivity index (χ2n) is 10.9. The zero-order valence-corrected chi connectivity index (χ0v) is 22.3. The summed E-state index contributed by atoms with van der Waals surface area (Å²) in [5.41, 5.74) is 1.84. The molecule has 3 amide bonds. The van der Waals surface area contributed by atoms with Gasteiger partial charge in [-0.05, 0) is 63.4 Å². The van der Waals surface area contributed by atoms with Crippen molar-refractivity contribution in [3.63, 3.8) is 0 Å². The zero-order chi connectivity index (χ0) is 26.9. The van der Waals surface area contributed by atoms with E-state index in [0.717, 1.165) is 22.4 Å². The number of anilines is 1. The Labute approximate surface area is 222 Å². The lowest BCUT2D eigenvalue weighted by Gasteiger charge is -2.43. The number of urea groups is 1. The molecule has 0 radical (unpaired) electrons. The molecule has 2 aliphatic rings. The molecule has 4 heterocycles. The average Bonchev–Trinajstić information content (AvgIpc) is 3.52. The SMILES string of the molecule is COc1cccc(CN2C(=O)N(c3ccc(-c4cn[nH]c4)cn3)CC23CCN(C(=O)OC(C)(C)C)CC3)c1. The minimum atomic E-state index is -0.557. The van der Waals surface area contributed by atoms with Crippen molar-refractivity contribution in [3.05, 3.63) is 60.6 Å². The first-order valence-corrected chi connectivity index (χ1v) is 12.8. The number of aromatic amines is 1. The van der Waals surface area contributed by atoms with E-state index in [1.54, 1.807) is 35.5 Å². The van der Waals surface area contributed by atoms with E-state index < -0.39 is 11.1 Å². The molecule has 1 spiro atoms. The summed E-state index contributed by atoms with van der Waals surface area (Å²) in [4.78, 5) is 36.7. The summed E-state index contributed by atoms with van der Waals surface area (Å²) in [5.74, 6) is 1.35. The van der Waals surface area contributed by atoms with Crippen LogP contribution in [0.1, 0.15) is 39.2 Å². The molecule has 2 aromatic heterocycles. The number of piperidine rings is 1. The van der Waals surface area contributed by atoms with Crippen LogP contribution in [-0.4, -0.2) is 75.0 Å². The number of carbonyl (C=O) groups excluding carboxylic acids is 2. The molecule has 0 unspecified atom stereocenters. The molecule has 10 nitrogen and oxygen atoms in total. The first-order valence-electron chi connectivity index (χ1n) is 12.8. The maximum atomic E-state index is 13.9. The van der Waals surface area contributed by atoms with E-state index in [0.29, 0.717) is 44.8 Å². The van der Waals surface area contributed by atoms with Gasteiger partial charge in [0.2, 0.25) is 0 Å². The standard InChI is InChI=1S/C28H34N6O4/c1-27(2,3)38-26(36)32-12-10-28(11-13-32)19-33(24-9-8-21(15-29-24)22-16-30-31-17-22)25(35)34(28)18-20-6-5-7-23(14-20)37-4/h5-9,14-17H,10-13,18-19H2,1-4H3,(H,30,31). The number of amides is 3. The summed E-state index contributed by atoms with van der Waals surface area (Å²) in [5, 5.41) is 6.81. The molecular weight excluding hydrogens is 484 g/mol. The normalized spacial score (nSPS) is 17.3. The van der Waals surface area contributed by atoms with E-state index in [1.807, 2.05) is 62.1 Å². The Morgan fingerprint density at radius 2 is 1.89 bits per heavy atom. The fourth-order valence-electron chi connectivity index (χ4n) is 5.15. The maximum absolute atomic E-state index is 13.9. The highest BCUT2D eigenvalue weighted by Crippen LogP contribution is 2.39. The topological polar surface area (TPSA) is 104 Å². The monoisotopic (exact) mass is 518 g/mol. The van der Waals surface area contributed by atoms with Crippen LogP contribution in [0.25, 0.3) is 11.1 Å². The van der Waals surface area contributed by atoms with Crippen molar-refractivity contribution >= 4 is 17.9 Å². The maximum Gasteiger partial charge on any atom is 0.410 e. The van der Waals surface area contributed by atoms with Crippen LogP contribution in [-0.2, 0) is 11.3 Å². The summed E-state index contributed by atoms with van der Waals surface area (Å²) < 4.78 is 11.0. The van der Waals surface area contributed by atoms with Gasteiger partial charge in [-0.2, -0.15) is 5.10 Å². The lowest BCUT2D eigenvalue weighted by Crippen LogP contribution is -2.55. The number of hydrogen-bond acceptors (Lipinski definition) is 6. The third kappa shape index (κ3) is 5.16. The molecule has 200 valence electrons. The highest BCUT2D eigenvalue weighted by atomic mass is 16.6. The molecular formula is C28H34N6O4. The quantitative estimate of drug-likeness (QED) is 0.526. The number of nitrogens with zero attached hydrogens (tertiary/aromatic N) is 5. The molecule has 0 aliphatic carbocycles. The van der Waals surface area contributed by atoms with Crippen LogP contribution in [0, 0.1) is 0 Å². The van der Waals surface area contributed by atoms with Gasteiger partial charge in [-0.1, -0.05) is 12.1 Å². The van der Waals surface area contributed by atoms with Crippen LogP contribution in [0.5, 0.6) is 5.75 Å². The van der Waals surface area contributed by atoms with Crippen molar-refractivity contribution < 1.29 is 19.1 Å². The van der Waals surface area contributed by atoms with Gasteiger partial charge in [-0.25, -0.2) is 14.6 Å². The fraction of sp³-hybridized carbons (Fsp3) is 0.429. The van der Waals surface area contributed by atoms with E-state index >= 15 is 0 Å². The number of nitrogens with one attached hydrogen (secondary N) is 1. The number of hydrogen-bond donors (Lipinski definition) is 1. The molecule has 2 fully saturated rings. The minimum absolute atomic E-state index is 0.0953. The van der Waals surface area contributed by atoms with E-state index in [-0.39, 0.29) is 12.1 Å². The van der Waals surface area contributed by atoms with Crippen LogP contribution in [0.4, 0.5) is 15.4 Å². The van der Waals surface area contributed by atoms with Crippen molar-refractivity contribution in [1.29, 1.82) is 0 Å². The van der Waals surface area contributed by atoms with Crippen molar-refractivity contribution in [2.24, 2.45) is 0 Å². The predicted octanol–water partition coefficient (Wildman–Crippen LogP) is 4.69. The molecule has 1 aromatic carbocycles. The molecule has 0 saturated carbocycles. The summed E-state index contributed by atoms with van der Waals surface area (Å²) >= 11 is 0. The van der Waals surface area contributed by atoms with Gasteiger partial charge in [-0.15, -0.1) is 0 Å². The number of H-pyrrole nitrogens is 1. The van der Waals surface area contributed by atoms with Crippen LogP contribution >= 0.6 is 0 Å². The van der Waals surface area contributed by atoms with E-state index in [1.165, 1.54) is 0 Å².